The summed E-state index contributed by atoms with van der Waals surface area (Å²) in [7, 11) is 1.92. The van der Waals surface area contributed by atoms with Crippen LogP contribution in [0.15, 0.2) is 24.3 Å². The summed E-state index contributed by atoms with van der Waals surface area (Å²) < 4.78 is 38.6. The van der Waals surface area contributed by atoms with Crippen LogP contribution in [0.3, 0.4) is 0 Å². The minimum absolute atomic E-state index is 0.115. The van der Waals surface area contributed by atoms with Gasteiger partial charge >= 0.3 is 6.18 Å². The number of aromatic nitrogens is 2. The second-order valence-electron chi connectivity index (χ2n) is 5.78. The summed E-state index contributed by atoms with van der Waals surface area (Å²) in [5.74, 6) is 0.908. The van der Waals surface area contributed by atoms with Crippen molar-refractivity contribution in [3.63, 3.8) is 0 Å². The van der Waals surface area contributed by atoms with E-state index in [9.17, 15) is 13.2 Å². The van der Waals surface area contributed by atoms with E-state index in [0.717, 1.165) is 31.5 Å². The lowest BCUT2D eigenvalue weighted by atomic mass is 10.2. The molecule has 0 radical (unpaired) electrons. The third kappa shape index (κ3) is 5.22. The third-order valence-corrected chi connectivity index (χ3v) is 3.95. The smallest absolute Gasteiger partial charge is 0.360 e. The number of hydrogen-bond donors (Lipinski definition) is 1. The molecule has 1 heterocycles. The Morgan fingerprint density at radius 2 is 1.92 bits per heavy atom. The fourth-order valence-electron chi connectivity index (χ4n) is 2.23. The van der Waals surface area contributed by atoms with Gasteiger partial charge in [0.1, 0.15) is 5.82 Å². The second kappa shape index (κ2) is 7.91. The minimum atomic E-state index is -4.44. The lowest BCUT2D eigenvalue weighted by Crippen LogP contribution is -2.20. The quantitative estimate of drug-likeness (QED) is 0.733. The molecule has 1 aromatic carbocycles. The Hall–Kier alpha value is -2.02. The van der Waals surface area contributed by atoms with Crippen LogP contribution in [0.1, 0.15) is 31.0 Å². The number of benzene rings is 1. The summed E-state index contributed by atoms with van der Waals surface area (Å²) in [6, 6.07) is 4.93. The van der Waals surface area contributed by atoms with E-state index in [1.165, 1.54) is 6.07 Å². The van der Waals surface area contributed by atoms with Crippen LogP contribution in [0.25, 0.3) is 0 Å². The molecule has 0 saturated carbocycles. The zero-order chi connectivity index (χ0) is 18.6. The average molecular weight is 373 g/mol. The Morgan fingerprint density at radius 1 is 1.20 bits per heavy atom. The van der Waals surface area contributed by atoms with E-state index in [1.54, 1.807) is 6.92 Å². The number of alkyl halides is 3. The maximum absolute atomic E-state index is 12.9. The van der Waals surface area contributed by atoms with E-state index in [2.05, 4.69) is 22.2 Å². The Kier molecular flexibility index (Phi) is 6.11. The van der Waals surface area contributed by atoms with Crippen LogP contribution in [0, 0.1) is 6.92 Å². The van der Waals surface area contributed by atoms with Crippen molar-refractivity contribution in [1.82, 2.24) is 9.97 Å². The maximum Gasteiger partial charge on any atom is 0.416 e. The number of aryl methyl sites for hydroxylation is 1. The molecule has 25 heavy (non-hydrogen) atoms. The first-order chi connectivity index (χ1) is 11.7. The van der Waals surface area contributed by atoms with E-state index in [1.807, 2.05) is 18.0 Å². The molecule has 0 unspecified atom stereocenters. The number of rotatable bonds is 6. The summed E-state index contributed by atoms with van der Waals surface area (Å²) in [5.41, 5.74) is 0.0375. The highest BCUT2D eigenvalue weighted by Crippen LogP contribution is 2.34. The molecule has 4 nitrogen and oxygen atoms in total. The Morgan fingerprint density at radius 3 is 2.56 bits per heavy atom. The van der Waals surface area contributed by atoms with E-state index in [-0.39, 0.29) is 16.7 Å². The summed E-state index contributed by atoms with van der Waals surface area (Å²) in [6.45, 7) is 4.73. The third-order valence-electron chi connectivity index (χ3n) is 3.62. The van der Waals surface area contributed by atoms with Gasteiger partial charge in [0.2, 0.25) is 5.95 Å². The average Bonchev–Trinajstić information content (AvgIpc) is 2.53. The van der Waals surface area contributed by atoms with Crippen LogP contribution in [-0.4, -0.2) is 23.6 Å². The molecule has 2 aromatic rings. The molecule has 0 saturated heterocycles. The van der Waals surface area contributed by atoms with Crippen LogP contribution >= 0.6 is 11.6 Å². The first kappa shape index (κ1) is 19.3. The van der Waals surface area contributed by atoms with Gasteiger partial charge in [0.05, 0.1) is 16.3 Å². The lowest BCUT2D eigenvalue weighted by molar-refractivity contribution is -0.137. The molecule has 8 heteroatoms. The number of halogens is 4. The van der Waals surface area contributed by atoms with Gasteiger partial charge < -0.3 is 10.2 Å². The van der Waals surface area contributed by atoms with Gasteiger partial charge in [0.25, 0.3) is 0 Å². The summed E-state index contributed by atoms with van der Waals surface area (Å²) in [5, 5.41) is 2.96. The number of anilines is 3. The highest BCUT2D eigenvalue weighted by atomic mass is 35.5. The molecule has 0 amide bonds. The first-order valence-electron chi connectivity index (χ1n) is 7.91. The molecule has 0 aliphatic carbocycles. The van der Waals surface area contributed by atoms with Crippen molar-refractivity contribution in [3.05, 3.63) is 40.5 Å². The van der Waals surface area contributed by atoms with Crippen molar-refractivity contribution < 1.29 is 13.2 Å². The van der Waals surface area contributed by atoms with Gasteiger partial charge in [-0.2, -0.15) is 18.2 Å². The second-order valence-corrected chi connectivity index (χ2v) is 6.19. The molecule has 0 bridgehead atoms. The number of nitrogens with zero attached hydrogens (tertiary/aromatic N) is 3. The van der Waals surface area contributed by atoms with E-state index in [4.69, 9.17) is 11.6 Å². The van der Waals surface area contributed by atoms with Gasteiger partial charge in [-0.3, -0.25) is 0 Å². The first-order valence-corrected chi connectivity index (χ1v) is 8.29. The largest absolute Gasteiger partial charge is 0.416 e. The minimum Gasteiger partial charge on any atom is -0.360 e. The fourth-order valence-corrected chi connectivity index (χ4v) is 2.40. The fraction of sp³-hybridized carbons (Fsp3) is 0.412. The molecule has 2 rings (SSSR count). The highest BCUT2D eigenvalue weighted by Gasteiger charge is 2.31. The van der Waals surface area contributed by atoms with Crippen LogP contribution in [-0.2, 0) is 6.18 Å². The molecule has 1 aromatic heterocycles. The van der Waals surface area contributed by atoms with Crippen LogP contribution < -0.4 is 10.2 Å². The van der Waals surface area contributed by atoms with E-state index >= 15 is 0 Å². The Balaban J connectivity index is 2.30. The standard InChI is InChI=1S/C17H20ClF3N4/c1-4-5-8-25(3)15-9-11(2)22-16(24-15)23-14-10-12(17(19,20)21)6-7-13(14)18/h6-7,9-10H,4-5,8H2,1-3H3,(H,22,23,24). The molecule has 0 fully saturated rings. The van der Waals surface area contributed by atoms with Crippen molar-refractivity contribution in [2.75, 3.05) is 23.8 Å². The number of nitrogens with one attached hydrogen (secondary N) is 1. The van der Waals surface area contributed by atoms with Gasteiger partial charge in [-0.25, -0.2) is 4.98 Å². The van der Waals surface area contributed by atoms with Gasteiger partial charge in [-0.15, -0.1) is 0 Å². The predicted molar refractivity (Wildman–Crippen MR) is 94.7 cm³/mol. The van der Waals surface area contributed by atoms with Crippen molar-refractivity contribution in [2.24, 2.45) is 0 Å². The van der Waals surface area contributed by atoms with Crippen molar-refractivity contribution in [3.8, 4) is 0 Å². The molecule has 1 N–H and O–H groups in total. The molecule has 0 atom stereocenters. The predicted octanol–water partition coefficient (Wildman–Crippen LogP) is 5.44. The molecule has 136 valence electrons. The normalized spacial score (nSPS) is 11.5. The van der Waals surface area contributed by atoms with Gasteiger partial charge in [-0.05, 0) is 31.5 Å². The van der Waals surface area contributed by atoms with Crippen molar-refractivity contribution in [1.29, 1.82) is 0 Å². The zero-order valence-electron chi connectivity index (χ0n) is 14.3. The highest BCUT2D eigenvalue weighted by molar-refractivity contribution is 6.33. The number of unbranched alkanes of at least 4 members (excludes halogenated alkanes) is 1. The number of hydrogen-bond acceptors (Lipinski definition) is 4. The molecule has 0 aliphatic rings. The zero-order valence-corrected chi connectivity index (χ0v) is 15.0. The monoisotopic (exact) mass is 372 g/mol. The van der Waals surface area contributed by atoms with Gasteiger partial charge in [0, 0.05) is 25.4 Å². The van der Waals surface area contributed by atoms with Crippen molar-refractivity contribution in [2.45, 2.75) is 32.9 Å². The topological polar surface area (TPSA) is 41.1 Å². The summed E-state index contributed by atoms with van der Waals surface area (Å²) in [6.07, 6.45) is -2.37. The SMILES string of the molecule is CCCCN(C)c1cc(C)nc(Nc2cc(C(F)(F)F)ccc2Cl)n1. The van der Waals surface area contributed by atoms with Gasteiger partial charge in [0.15, 0.2) is 0 Å². The molecular formula is C17H20ClF3N4. The molecular weight excluding hydrogens is 353 g/mol. The summed E-state index contributed by atoms with van der Waals surface area (Å²) in [4.78, 5) is 10.6. The lowest BCUT2D eigenvalue weighted by Gasteiger charge is -2.19. The van der Waals surface area contributed by atoms with Crippen LogP contribution in [0.5, 0.6) is 0 Å². The Bertz CT molecular complexity index is 734. The molecule has 0 aliphatic heterocycles. The van der Waals surface area contributed by atoms with Crippen LogP contribution in [0.2, 0.25) is 5.02 Å². The van der Waals surface area contributed by atoms with Crippen molar-refractivity contribution >= 4 is 29.1 Å². The summed E-state index contributed by atoms with van der Waals surface area (Å²) >= 11 is 6.01. The van der Waals surface area contributed by atoms with Gasteiger partial charge in [-0.1, -0.05) is 24.9 Å². The molecule has 0 spiro atoms. The maximum atomic E-state index is 12.9. The van der Waals surface area contributed by atoms with E-state index < -0.39 is 11.7 Å². The van der Waals surface area contributed by atoms with Crippen LogP contribution in [0.4, 0.5) is 30.6 Å². The Labute approximate surface area is 150 Å². The van der Waals surface area contributed by atoms with E-state index in [0.29, 0.717) is 11.5 Å².